The quantitative estimate of drug-likeness (QED) is 0.428. The van der Waals surface area contributed by atoms with Crippen LogP contribution in [0.15, 0.2) is 95.4 Å². The second-order valence-electron chi connectivity index (χ2n) is 9.58. The van der Waals surface area contributed by atoms with E-state index in [0.29, 0.717) is 32.6 Å². The van der Waals surface area contributed by atoms with Crippen molar-refractivity contribution in [1.29, 1.82) is 0 Å². The molecule has 9 heteroatoms. The normalized spacial score (nSPS) is 18.8. The highest BCUT2D eigenvalue weighted by Crippen LogP contribution is 2.33. The topological polar surface area (TPSA) is 82.5 Å². The molecule has 0 aromatic heterocycles. The van der Waals surface area contributed by atoms with Gasteiger partial charge in [0.2, 0.25) is 10.0 Å². The molecular weight excluding hydrogens is 512 g/mol. The molecule has 1 fully saturated rings. The molecule has 202 valence electrons. The van der Waals surface area contributed by atoms with Crippen LogP contribution in [0.4, 0.5) is 0 Å². The number of rotatable bonds is 8. The number of hydrogen-bond donors (Lipinski definition) is 0. The van der Waals surface area contributed by atoms with Crippen molar-refractivity contribution >= 4 is 27.7 Å². The third-order valence-corrected chi connectivity index (χ3v) is 8.62. The number of hydrazone groups is 1. The molecule has 0 spiro atoms. The monoisotopic (exact) mass is 544 g/mol. The molecule has 2 aliphatic rings. The van der Waals surface area contributed by atoms with Crippen LogP contribution in [0, 0.1) is 0 Å². The van der Waals surface area contributed by atoms with E-state index in [1.807, 2.05) is 89.8 Å². The van der Waals surface area contributed by atoms with Crippen molar-refractivity contribution in [3.05, 3.63) is 107 Å². The molecule has 3 aromatic rings. The van der Waals surface area contributed by atoms with Crippen molar-refractivity contribution in [2.24, 2.45) is 5.10 Å². The van der Waals surface area contributed by atoms with Gasteiger partial charge in [-0.1, -0.05) is 72.8 Å². The number of sulfonamides is 1. The Morgan fingerprint density at radius 3 is 2.21 bits per heavy atom. The minimum Gasteiger partial charge on any atom is -0.497 e. The molecule has 0 saturated carbocycles. The second-order valence-corrected chi connectivity index (χ2v) is 11.4. The molecule has 0 aliphatic carbocycles. The summed E-state index contributed by atoms with van der Waals surface area (Å²) in [5, 5.41) is 7.61. The van der Waals surface area contributed by atoms with Gasteiger partial charge < -0.3 is 4.74 Å². The molecule has 2 heterocycles. The number of benzene rings is 3. The zero-order valence-corrected chi connectivity index (χ0v) is 22.7. The number of piperazine rings is 1. The first kappa shape index (κ1) is 26.8. The molecule has 0 N–H and O–H groups in total. The summed E-state index contributed by atoms with van der Waals surface area (Å²) in [5.74, 6) is 0.646. The van der Waals surface area contributed by atoms with Crippen LogP contribution in [-0.2, 0) is 14.8 Å². The molecule has 8 nitrogen and oxygen atoms in total. The SMILES string of the molecule is COc1ccc(C2CC(c3ccccc3)=NN2C(=O)CN2CCN(S(=O)(=O)/C=C/c3ccccc3)CC2)cc1. The number of nitrogens with zero attached hydrogens (tertiary/aromatic N) is 4. The van der Waals surface area contributed by atoms with Crippen LogP contribution in [0.5, 0.6) is 5.75 Å². The molecule has 39 heavy (non-hydrogen) atoms. The van der Waals surface area contributed by atoms with Crippen LogP contribution in [0.1, 0.15) is 29.2 Å². The molecule has 1 unspecified atom stereocenters. The van der Waals surface area contributed by atoms with E-state index in [4.69, 9.17) is 9.84 Å². The minimum atomic E-state index is -3.54. The fourth-order valence-corrected chi connectivity index (χ4v) is 6.03. The van der Waals surface area contributed by atoms with Crippen LogP contribution in [0.3, 0.4) is 0 Å². The lowest BCUT2D eigenvalue weighted by Crippen LogP contribution is -2.50. The number of carbonyl (C=O) groups excluding carboxylic acids is 1. The van der Waals surface area contributed by atoms with Crippen LogP contribution in [0.25, 0.3) is 6.08 Å². The second kappa shape index (κ2) is 11.9. The molecule has 0 radical (unpaired) electrons. The Morgan fingerprint density at radius 1 is 0.923 bits per heavy atom. The molecular formula is C30H32N4O4S. The van der Waals surface area contributed by atoms with Gasteiger partial charge in [0.1, 0.15) is 5.75 Å². The Kier molecular flexibility index (Phi) is 8.21. The molecule has 5 rings (SSSR count). The minimum absolute atomic E-state index is 0.109. The molecule has 1 atom stereocenters. The fraction of sp³-hybridized carbons (Fsp3) is 0.267. The van der Waals surface area contributed by atoms with E-state index >= 15 is 0 Å². The van der Waals surface area contributed by atoms with E-state index < -0.39 is 10.0 Å². The summed E-state index contributed by atoms with van der Waals surface area (Å²) in [6.45, 7) is 1.78. The summed E-state index contributed by atoms with van der Waals surface area (Å²) >= 11 is 0. The van der Waals surface area contributed by atoms with E-state index in [1.54, 1.807) is 18.2 Å². The number of methoxy groups -OCH3 is 1. The van der Waals surface area contributed by atoms with Crippen LogP contribution < -0.4 is 4.74 Å². The molecule has 1 amide bonds. The third kappa shape index (κ3) is 6.44. The van der Waals surface area contributed by atoms with Gasteiger partial charge in [-0.3, -0.25) is 9.69 Å². The Labute approximate surface area is 229 Å². The average molecular weight is 545 g/mol. The van der Waals surface area contributed by atoms with Crippen molar-refractivity contribution in [1.82, 2.24) is 14.2 Å². The molecule has 0 bridgehead atoms. The maximum absolute atomic E-state index is 13.5. The van der Waals surface area contributed by atoms with Crippen molar-refractivity contribution in [3.63, 3.8) is 0 Å². The molecule has 3 aromatic carbocycles. The lowest BCUT2D eigenvalue weighted by molar-refractivity contribution is -0.134. The van der Waals surface area contributed by atoms with E-state index in [2.05, 4.69) is 0 Å². The van der Waals surface area contributed by atoms with Crippen LogP contribution in [-0.4, -0.2) is 74.1 Å². The zero-order chi connectivity index (χ0) is 27.2. The summed E-state index contributed by atoms with van der Waals surface area (Å²) in [5.41, 5.74) is 3.68. The van der Waals surface area contributed by atoms with E-state index in [9.17, 15) is 13.2 Å². The highest BCUT2D eigenvalue weighted by Gasteiger charge is 2.34. The van der Waals surface area contributed by atoms with Crippen LogP contribution in [0.2, 0.25) is 0 Å². The summed E-state index contributed by atoms with van der Waals surface area (Å²) in [4.78, 5) is 15.5. The van der Waals surface area contributed by atoms with Crippen LogP contribution >= 0.6 is 0 Å². The molecule has 2 aliphatic heterocycles. The van der Waals surface area contributed by atoms with Crippen molar-refractivity contribution in [3.8, 4) is 5.75 Å². The lowest BCUT2D eigenvalue weighted by Gasteiger charge is -2.34. The predicted octanol–water partition coefficient (Wildman–Crippen LogP) is 3.99. The highest BCUT2D eigenvalue weighted by molar-refractivity contribution is 7.92. The number of amides is 1. The maximum Gasteiger partial charge on any atom is 0.257 e. The maximum atomic E-state index is 13.5. The summed E-state index contributed by atoms with van der Waals surface area (Å²) in [6, 6.07) is 26.8. The highest BCUT2D eigenvalue weighted by atomic mass is 32.2. The average Bonchev–Trinajstić information content (AvgIpc) is 3.43. The van der Waals surface area contributed by atoms with Gasteiger partial charge in [0, 0.05) is 38.0 Å². The predicted molar refractivity (Wildman–Crippen MR) is 153 cm³/mol. The van der Waals surface area contributed by atoms with Gasteiger partial charge >= 0.3 is 0 Å². The van der Waals surface area contributed by atoms with E-state index in [-0.39, 0.29) is 18.5 Å². The summed E-state index contributed by atoms with van der Waals surface area (Å²) in [7, 11) is -1.91. The first-order valence-corrected chi connectivity index (χ1v) is 14.5. The van der Waals surface area contributed by atoms with E-state index in [0.717, 1.165) is 28.2 Å². The fourth-order valence-electron chi connectivity index (χ4n) is 4.85. The van der Waals surface area contributed by atoms with Gasteiger partial charge in [0.15, 0.2) is 0 Å². The van der Waals surface area contributed by atoms with Gasteiger partial charge in [-0.2, -0.15) is 9.41 Å². The van der Waals surface area contributed by atoms with Crippen molar-refractivity contribution in [2.75, 3.05) is 39.8 Å². The van der Waals surface area contributed by atoms with Gasteiger partial charge in [-0.15, -0.1) is 0 Å². The summed E-state index contributed by atoms with van der Waals surface area (Å²) in [6.07, 6.45) is 2.22. The Morgan fingerprint density at radius 2 is 1.56 bits per heavy atom. The van der Waals surface area contributed by atoms with E-state index in [1.165, 1.54) is 9.71 Å². The smallest absolute Gasteiger partial charge is 0.257 e. The Hall–Kier alpha value is -3.79. The van der Waals surface area contributed by atoms with Gasteiger partial charge in [-0.25, -0.2) is 13.4 Å². The standard InChI is InChI=1S/C30H32N4O4S/c1-38-27-14-12-26(13-15-27)29-22-28(25-10-6-3-7-11-25)31-34(29)30(35)23-32-17-19-33(20-18-32)39(36,37)21-16-24-8-4-2-5-9-24/h2-16,21,29H,17-20,22-23H2,1H3/b21-16+. The number of hydrogen-bond acceptors (Lipinski definition) is 6. The zero-order valence-electron chi connectivity index (χ0n) is 21.9. The van der Waals surface area contributed by atoms with Gasteiger partial charge in [0.25, 0.3) is 5.91 Å². The Bertz CT molecular complexity index is 1430. The Balaban J connectivity index is 1.25. The third-order valence-electron chi connectivity index (χ3n) is 7.06. The van der Waals surface area contributed by atoms with Gasteiger partial charge in [-0.05, 0) is 34.9 Å². The summed E-state index contributed by atoms with van der Waals surface area (Å²) < 4.78 is 32.4. The molecule has 1 saturated heterocycles. The number of carbonyl (C=O) groups is 1. The number of ether oxygens (including phenoxy) is 1. The lowest BCUT2D eigenvalue weighted by atomic mass is 9.98. The largest absolute Gasteiger partial charge is 0.497 e. The van der Waals surface area contributed by atoms with Crippen molar-refractivity contribution in [2.45, 2.75) is 12.5 Å². The first-order valence-electron chi connectivity index (χ1n) is 13.0. The first-order chi connectivity index (χ1) is 18.9. The van der Waals surface area contributed by atoms with Gasteiger partial charge in [0.05, 0.1) is 25.4 Å². The van der Waals surface area contributed by atoms with Crippen molar-refractivity contribution < 1.29 is 17.9 Å².